The van der Waals surface area contributed by atoms with Gasteiger partial charge in [0.05, 0.1) is 23.5 Å². The van der Waals surface area contributed by atoms with Crippen molar-refractivity contribution in [1.82, 2.24) is 0 Å². The van der Waals surface area contributed by atoms with Gasteiger partial charge in [-0.15, -0.1) is 0 Å². The maximum atomic E-state index is 11.4. The zero-order valence-electron chi connectivity index (χ0n) is 18.9. The zero-order valence-corrected chi connectivity index (χ0v) is 19.7. The van der Waals surface area contributed by atoms with Crippen molar-refractivity contribution < 1.29 is 14.4 Å². The van der Waals surface area contributed by atoms with Gasteiger partial charge < -0.3 is 14.4 Å². The zero-order chi connectivity index (χ0) is 23.2. The van der Waals surface area contributed by atoms with E-state index in [4.69, 9.17) is 9.47 Å². The molecule has 3 aromatic rings. The maximum Gasteiger partial charge on any atom is 0.274 e. The smallest absolute Gasteiger partial charge is 0.274 e. The van der Waals surface area contributed by atoms with Crippen molar-refractivity contribution in [2.45, 2.75) is 37.8 Å². The number of rotatable bonds is 6. The van der Waals surface area contributed by atoms with Crippen molar-refractivity contribution in [2.24, 2.45) is 0 Å². The van der Waals surface area contributed by atoms with Crippen LogP contribution in [0.1, 0.15) is 37.0 Å². The van der Waals surface area contributed by atoms with Crippen LogP contribution in [-0.2, 0) is 11.8 Å². The molecule has 2 aliphatic heterocycles. The molecule has 0 bridgehead atoms. The monoisotopic (exact) mass is 462 g/mol. The predicted molar refractivity (Wildman–Crippen MR) is 131 cm³/mol. The summed E-state index contributed by atoms with van der Waals surface area (Å²) in [5.41, 5.74) is 3.21. The molecule has 0 saturated carbocycles. The Morgan fingerprint density at radius 3 is 2.76 bits per heavy atom. The Balaban J connectivity index is 1.58. The van der Waals surface area contributed by atoms with E-state index in [1.54, 1.807) is 11.3 Å². The standard InChI is InChI=1S/C26H26N2O4S/c1-25(2)21-8-4-5-9-22(21)27(13-6-7-18-11-14-33-17-18)26(25)12-10-19-15-20(28(29)30)16-23(31-3)24(19)32-26/h4-5,8-12,14-17H,6-7,13H2,1-3H3. The van der Waals surface area contributed by atoms with E-state index in [9.17, 15) is 10.1 Å². The van der Waals surface area contributed by atoms with Crippen LogP contribution in [0.3, 0.4) is 0 Å². The average Bonchev–Trinajstić information content (AvgIpc) is 3.39. The third kappa shape index (κ3) is 3.30. The van der Waals surface area contributed by atoms with Gasteiger partial charge in [0, 0.05) is 23.9 Å². The van der Waals surface area contributed by atoms with E-state index in [-0.39, 0.29) is 11.1 Å². The Kier molecular flexibility index (Phi) is 5.16. The highest BCUT2D eigenvalue weighted by atomic mass is 32.1. The Labute approximate surface area is 197 Å². The minimum atomic E-state index is -0.776. The van der Waals surface area contributed by atoms with Gasteiger partial charge in [-0.25, -0.2) is 0 Å². The first-order valence-electron chi connectivity index (χ1n) is 11.0. The van der Waals surface area contributed by atoms with Crippen molar-refractivity contribution in [3.8, 4) is 11.5 Å². The van der Waals surface area contributed by atoms with Gasteiger partial charge in [-0.05, 0) is 72.9 Å². The molecule has 0 amide bonds. The molecule has 0 radical (unpaired) electrons. The van der Waals surface area contributed by atoms with Gasteiger partial charge in [-0.3, -0.25) is 10.1 Å². The lowest BCUT2D eigenvalue weighted by Crippen LogP contribution is -2.59. The highest BCUT2D eigenvalue weighted by Crippen LogP contribution is 2.56. The molecule has 0 N–H and O–H groups in total. The van der Waals surface area contributed by atoms with E-state index >= 15 is 0 Å². The summed E-state index contributed by atoms with van der Waals surface area (Å²) in [6, 6.07) is 13.6. The van der Waals surface area contributed by atoms with Crippen LogP contribution in [0.25, 0.3) is 6.08 Å². The Hall–Kier alpha value is -3.32. The van der Waals surface area contributed by atoms with Crippen molar-refractivity contribution in [3.63, 3.8) is 0 Å². The summed E-state index contributed by atoms with van der Waals surface area (Å²) in [5, 5.41) is 15.7. The number of non-ortho nitro benzene ring substituents is 1. The molecule has 0 saturated heterocycles. The number of fused-ring (bicyclic) bond motifs is 2. The predicted octanol–water partition coefficient (Wildman–Crippen LogP) is 6.20. The Morgan fingerprint density at radius 1 is 1.21 bits per heavy atom. The number of nitrogens with zero attached hydrogens (tertiary/aromatic N) is 2. The van der Waals surface area contributed by atoms with Gasteiger partial charge in [0.25, 0.3) is 5.69 Å². The van der Waals surface area contributed by atoms with Gasteiger partial charge >= 0.3 is 0 Å². The summed E-state index contributed by atoms with van der Waals surface area (Å²) in [4.78, 5) is 13.3. The molecule has 0 aliphatic carbocycles. The summed E-state index contributed by atoms with van der Waals surface area (Å²) in [6.07, 6.45) is 5.97. The number of hydrogen-bond acceptors (Lipinski definition) is 6. The SMILES string of the molecule is COc1cc([N+](=O)[O-])cc2c1OC1(C=C2)N(CCCc2ccsc2)c2ccccc2C1(C)C. The Bertz CT molecular complexity index is 1240. The second kappa shape index (κ2) is 7.92. The fraction of sp³-hybridized carbons (Fsp3) is 0.308. The molecule has 5 rings (SSSR count). The van der Waals surface area contributed by atoms with Crippen molar-refractivity contribution >= 4 is 28.8 Å². The number of benzene rings is 2. The van der Waals surface area contributed by atoms with Crippen molar-refractivity contribution in [2.75, 3.05) is 18.6 Å². The van der Waals surface area contributed by atoms with E-state index in [0.29, 0.717) is 17.1 Å². The molecule has 1 unspecified atom stereocenters. The number of methoxy groups -OCH3 is 1. The molecule has 6 nitrogen and oxygen atoms in total. The molecule has 7 heteroatoms. The number of anilines is 1. The quantitative estimate of drug-likeness (QED) is 0.322. The lowest BCUT2D eigenvalue weighted by Gasteiger charge is -2.47. The Morgan fingerprint density at radius 2 is 2.03 bits per heavy atom. The molecule has 1 spiro atoms. The number of para-hydroxylation sites is 1. The summed E-state index contributed by atoms with van der Waals surface area (Å²) < 4.78 is 12.4. The van der Waals surface area contributed by atoms with Gasteiger partial charge in [-0.2, -0.15) is 11.3 Å². The van der Waals surface area contributed by atoms with Crippen molar-refractivity contribution in [3.05, 3.63) is 86.1 Å². The van der Waals surface area contributed by atoms with Gasteiger partial charge in [0.1, 0.15) is 0 Å². The lowest BCUT2D eigenvalue weighted by atomic mass is 9.76. The second-order valence-electron chi connectivity index (χ2n) is 8.98. The first-order valence-corrected chi connectivity index (χ1v) is 11.9. The van der Waals surface area contributed by atoms with Crippen LogP contribution < -0.4 is 14.4 Å². The van der Waals surface area contributed by atoms with Crippen LogP contribution in [0.15, 0.2) is 59.3 Å². The number of thiophene rings is 1. The summed E-state index contributed by atoms with van der Waals surface area (Å²) in [5.74, 6) is 0.905. The van der Waals surface area contributed by atoms with Crippen molar-refractivity contribution in [1.29, 1.82) is 0 Å². The normalized spacial score (nSPS) is 19.8. The van der Waals surface area contributed by atoms with Gasteiger partial charge in [0.2, 0.25) is 5.72 Å². The molecule has 2 aliphatic rings. The molecular weight excluding hydrogens is 436 g/mol. The van der Waals surface area contributed by atoms with E-state index < -0.39 is 10.6 Å². The lowest BCUT2D eigenvalue weighted by molar-refractivity contribution is -0.385. The van der Waals surface area contributed by atoms with Gasteiger partial charge in [0.15, 0.2) is 11.5 Å². The van der Waals surface area contributed by atoms with Crippen LogP contribution in [-0.4, -0.2) is 24.3 Å². The number of ether oxygens (including phenoxy) is 2. The topological polar surface area (TPSA) is 64.8 Å². The number of nitro groups is 1. The molecule has 3 heterocycles. The fourth-order valence-electron chi connectivity index (χ4n) is 5.08. The van der Waals surface area contributed by atoms with E-state index in [0.717, 1.165) is 25.1 Å². The van der Waals surface area contributed by atoms with Crippen LogP contribution in [0, 0.1) is 10.1 Å². The average molecular weight is 463 g/mol. The van der Waals surface area contributed by atoms with Crippen LogP contribution in [0.4, 0.5) is 11.4 Å². The first kappa shape index (κ1) is 21.5. The van der Waals surface area contributed by atoms with Crippen LogP contribution in [0.5, 0.6) is 11.5 Å². The summed E-state index contributed by atoms with van der Waals surface area (Å²) in [6.45, 7) is 5.20. The van der Waals surface area contributed by atoms with Crippen LogP contribution in [0.2, 0.25) is 0 Å². The summed E-state index contributed by atoms with van der Waals surface area (Å²) >= 11 is 1.72. The second-order valence-corrected chi connectivity index (χ2v) is 9.76. The molecule has 0 fully saturated rings. The summed E-state index contributed by atoms with van der Waals surface area (Å²) in [7, 11) is 1.51. The molecule has 33 heavy (non-hydrogen) atoms. The molecule has 2 aromatic carbocycles. The van der Waals surface area contributed by atoms with Gasteiger partial charge in [-0.1, -0.05) is 18.2 Å². The number of hydrogen-bond donors (Lipinski definition) is 0. The van der Waals surface area contributed by atoms with E-state index in [2.05, 4.69) is 65.9 Å². The highest BCUT2D eigenvalue weighted by Gasteiger charge is 2.59. The third-order valence-electron chi connectivity index (χ3n) is 6.84. The molecular formula is C26H26N2O4S. The third-order valence-corrected chi connectivity index (χ3v) is 7.57. The first-order chi connectivity index (χ1) is 15.9. The highest BCUT2D eigenvalue weighted by molar-refractivity contribution is 7.07. The minimum Gasteiger partial charge on any atom is -0.493 e. The number of aryl methyl sites for hydroxylation is 1. The number of nitro benzene ring substituents is 1. The van der Waals surface area contributed by atoms with E-state index in [1.165, 1.54) is 30.4 Å². The maximum absolute atomic E-state index is 11.4. The van der Waals surface area contributed by atoms with Crippen LogP contribution >= 0.6 is 11.3 Å². The molecule has 1 atom stereocenters. The minimum absolute atomic E-state index is 0.0172. The fourth-order valence-corrected chi connectivity index (χ4v) is 5.78. The molecule has 170 valence electrons. The van der Waals surface area contributed by atoms with E-state index in [1.807, 2.05) is 6.08 Å². The molecule has 1 aromatic heterocycles. The largest absolute Gasteiger partial charge is 0.493 e.